The second kappa shape index (κ2) is 3.35. The van der Waals surface area contributed by atoms with Crippen LogP contribution in [-0.2, 0) is 0 Å². The summed E-state index contributed by atoms with van der Waals surface area (Å²) in [5, 5.41) is 0. The summed E-state index contributed by atoms with van der Waals surface area (Å²) in [4.78, 5) is 3.83. The Morgan fingerprint density at radius 2 is 1.50 bits per heavy atom. The molecular formula is C11H19F3N2. The van der Waals surface area contributed by atoms with E-state index < -0.39 is 12.7 Å². The van der Waals surface area contributed by atoms with E-state index in [9.17, 15) is 13.2 Å². The molecular weight excluding hydrogens is 217 g/mol. The van der Waals surface area contributed by atoms with Crippen LogP contribution in [-0.4, -0.2) is 54.2 Å². The van der Waals surface area contributed by atoms with E-state index in [0.717, 1.165) is 13.1 Å². The highest BCUT2D eigenvalue weighted by molar-refractivity contribution is 5.08. The third kappa shape index (κ3) is 2.35. The Balaban J connectivity index is 1.75. The summed E-state index contributed by atoms with van der Waals surface area (Å²) >= 11 is 0. The molecule has 16 heavy (non-hydrogen) atoms. The van der Waals surface area contributed by atoms with Gasteiger partial charge in [0.05, 0.1) is 6.54 Å². The Bertz CT molecular complexity index is 266. The van der Waals surface area contributed by atoms with Crippen LogP contribution in [0.15, 0.2) is 0 Å². The van der Waals surface area contributed by atoms with Crippen LogP contribution >= 0.6 is 0 Å². The summed E-state index contributed by atoms with van der Waals surface area (Å²) < 4.78 is 36.3. The number of nitrogens with zero attached hydrogens (tertiary/aromatic N) is 2. The maximum atomic E-state index is 12.1. The van der Waals surface area contributed by atoms with Crippen LogP contribution in [0, 0.1) is 5.41 Å². The molecule has 2 fully saturated rings. The third-order valence-corrected chi connectivity index (χ3v) is 3.52. The molecule has 0 aromatic rings. The molecule has 0 amide bonds. The van der Waals surface area contributed by atoms with E-state index >= 15 is 0 Å². The van der Waals surface area contributed by atoms with E-state index in [4.69, 9.17) is 0 Å². The first kappa shape index (κ1) is 12.2. The lowest BCUT2D eigenvalue weighted by molar-refractivity contribution is -0.199. The van der Waals surface area contributed by atoms with Gasteiger partial charge >= 0.3 is 6.18 Å². The molecule has 0 radical (unpaired) electrons. The molecule has 0 aromatic heterocycles. The number of halogens is 3. The molecule has 0 atom stereocenters. The molecule has 0 bridgehead atoms. The monoisotopic (exact) mass is 236 g/mol. The summed E-state index contributed by atoms with van der Waals surface area (Å²) in [5.41, 5.74) is 0.314. The van der Waals surface area contributed by atoms with Crippen molar-refractivity contribution >= 4 is 0 Å². The van der Waals surface area contributed by atoms with Crippen molar-refractivity contribution in [3.63, 3.8) is 0 Å². The van der Waals surface area contributed by atoms with E-state index in [-0.39, 0.29) is 11.0 Å². The average molecular weight is 236 g/mol. The van der Waals surface area contributed by atoms with Crippen molar-refractivity contribution in [3.8, 4) is 0 Å². The van der Waals surface area contributed by atoms with Gasteiger partial charge in [0.2, 0.25) is 0 Å². The SMILES string of the molecule is CC(C)(C)N1CC2(CN(CC(F)(F)F)C2)C1. The lowest BCUT2D eigenvalue weighted by Gasteiger charge is -2.63. The van der Waals surface area contributed by atoms with Crippen molar-refractivity contribution in [2.75, 3.05) is 32.7 Å². The van der Waals surface area contributed by atoms with E-state index in [0.29, 0.717) is 13.1 Å². The van der Waals surface area contributed by atoms with Gasteiger partial charge in [-0.25, -0.2) is 0 Å². The first-order valence-electron chi connectivity index (χ1n) is 5.64. The van der Waals surface area contributed by atoms with Gasteiger partial charge in [-0.2, -0.15) is 13.2 Å². The molecule has 0 aromatic carbocycles. The zero-order chi connectivity index (χ0) is 12.2. The Labute approximate surface area is 94.4 Å². The highest BCUT2D eigenvalue weighted by Gasteiger charge is 2.55. The molecule has 2 nitrogen and oxygen atoms in total. The molecule has 2 rings (SSSR count). The normalized spacial score (nSPS) is 26.6. The molecule has 0 unspecified atom stereocenters. The predicted octanol–water partition coefficient (Wildman–Crippen LogP) is 1.96. The van der Waals surface area contributed by atoms with Gasteiger partial charge in [-0.3, -0.25) is 9.80 Å². The quantitative estimate of drug-likeness (QED) is 0.686. The maximum Gasteiger partial charge on any atom is 0.401 e. The number of likely N-dealkylation sites (tertiary alicyclic amines) is 2. The minimum absolute atomic E-state index is 0.149. The van der Waals surface area contributed by atoms with Gasteiger partial charge in [-0.15, -0.1) is 0 Å². The minimum atomic E-state index is -4.05. The van der Waals surface area contributed by atoms with Crippen LogP contribution in [0.2, 0.25) is 0 Å². The summed E-state index contributed by atoms with van der Waals surface area (Å²) in [6.45, 7) is 8.81. The van der Waals surface area contributed by atoms with Gasteiger partial charge in [0.1, 0.15) is 0 Å². The van der Waals surface area contributed by atoms with Crippen LogP contribution in [0.25, 0.3) is 0 Å². The maximum absolute atomic E-state index is 12.1. The topological polar surface area (TPSA) is 6.48 Å². The summed E-state index contributed by atoms with van der Waals surface area (Å²) in [6.07, 6.45) is -4.05. The van der Waals surface area contributed by atoms with Gasteiger partial charge in [0, 0.05) is 37.1 Å². The highest BCUT2D eigenvalue weighted by atomic mass is 19.4. The number of hydrogen-bond acceptors (Lipinski definition) is 2. The van der Waals surface area contributed by atoms with Gasteiger partial charge < -0.3 is 0 Å². The van der Waals surface area contributed by atoms with Crippen LogP contribution in [0.5, 0.6) is 0 Å². The lowest BCUT2D eigenvalue weighted by Crippen LogP contribution is -2.75. The molecule has 0 saturated carbocycles. The van der Waals surface area contributed by atoms with Crippen LogP contribution in [0.4, 0.5) is 13.2 Å². The largest absolute Gasteiger partial charge is 0.401 e. The summed E-state index contributed by atoms with van der Waals surface area (Å²) in [7, 11) is 0. The molecule has 1 spiro atoms. The third-order valence-electron chi connectivity index (χ3n) is 3.52. The highest BCUT2D eigenvalue weighted by Crippen LogP contribution is 2.43. The second-order valence-electron chi connectivity index (χ2n) is 6.29. The number of hydrogen-bond donors (Lipinski definition) is 0. The number of rotatable bonds is 1. The van der Waals surface area contributed by atoms with Crippen molar-refractivity contribution in [3.05, 3.63) is 0 Å². The molecule has 2 heterocycles. The second-order valence-corrected chi connectivity index (χ2v) is 6.29. The Morgan fingerprint density at radius 3 is 1.88 bits per heavy atom. The zero-order valence-corrected chi connectivity index (χ0v) is 10.1. The molecule has 2 saturated heterocycles. The smallest absolute Gasteiger partial charge is 0.297 e. The Hall–Kier alpha value is -0.290. The Morgan fingerprint density at radius 1 is 1.00 bits per heavy atom. The summed E-state index contributed by atoms with van der Waals surface area (Å²) in [6, 6.07) is 0. The van der Waals surface area contributed by atoms with Crippen molar-refractivity contribution in [1.82, 2.24) is 9.80 Å². The first-order chi connectivity index (χ1) is 7.10. The molecule has 0 N–H and O–H groups in total. The fraction of sp³-hybridized carbons (Fsp3) is 1.00. The van der Waals surface area contributed by atoms with Crippen molar-refractivity contribution in [1.29, 1.82) is 0 Å². The molecule has 94 valence electrons. The van der Waals surface area contributed by atoms with Crippen LogP contribution in [0.1, 0.15) is 20.8 Å². The lowest BCUT2D eigenvalue weighted by atomic mass is 9.71. The Kier molecular flexibility index (Phi) is 2.55. The van der Waals surface area contributed by atoms with Gasteiger partial charge in [0.25, 0.3) is 0 Å². The van der Waals surface area contributed by atoms with Gasteiger partial charge in [-0.05, 0) is 20.8 Å². The van der Waals surface area contributed by atoms with Crippen LogP contribution < -0.4 is 0 Å². The minimum Gasteiger partial charge on any atom is -0.297 e. The predicted molar refractivity (Wildman–Crippen MR) is 56.3 cm³/mol. The average Bonchev–Trinajstić information content (AvgIpc) is 1.85. The molecule has 2 aliphatic rings. The van der Waals surface area contributed by atoms with Crippen LogP contribution in [0.3, 0.4) is 0 Å². The molecule has 5 heteroatoms. The number of alkyl halides is 3. The van der Waals surface area contributed by atoms with E-state index in [1.807, 2.05) is 0 Å². The van der Waals surface area contributed by atoms with Gasteiger partial charge in [0.15, 0.2) is 0 Å². The fourth-order valence-corrected chi connectivity index (χ4v) is 2.71. The fourth-order valence-electron chi connectivity index (χ4n) is 2.71. The zero-order valence-electron chi connectivity index (χ0n) is 10.1. The van der Waals surface area contributed by atoms with Gasteiger partial charge in [-0.1, -0.05) is 0 Å². The van der Waals surface area contributed by atoms with E-state index in [2.05, 4.69) is 25.7 Å². The van der Waals surface area contributed by atoms with E-state index in [1.165, 1.54) is 4.90 Å². The first-order valence-corrected chi connectivity index (χ1v) is 5.64. The molecule has 2 aliphatic heterocycles. The van der Waals surface area contributed by atoms with Crippen molar-refractivity contribution in [2.45, 2.75) is 32.5 Å². The van der Waals surface area contributed by atoms with Crippen molar-refractivity contribution < 1.29 is 13.2 Å². The van der Waals surface area contributed by atoms with E-state index in [1.54, 1.807) is 0 Å². The summed E-state index contributed by atoms with van der Waals surface area (Å²) in [5.74, 6) is 0. The standard InChI is InChI=1S/C11H19F3N2/c1-9(2,3)16-6-10(7-16)4-15(5-10)8-11(12,13)14/h4-8H2,1-3H3. The molecule has 0 aliphatic carbocycles. The van der Waals surface area contributed by atoms with Crippen molar-refractivity contribution in [2.24, 2.45) is 5.41 Å².